The highest BCUT2D eigenvalue weighted by Crippen LogP contribution is 2.19. The fourth-order valence-corrected chi connectivity index (χ4v) is 2.25. The number of aromatic nitrogens is 1. The lowest BCUT2D eigenvalue weighted by molar-refractivity contribution is 0.0697. The molecule has 0 spiro atoms. The zero-order valence-electron chi connectivity index (χ0n) is 10.1. The highest BCUT2D eigenvalue weighted by atomic mass is 35.5. The zero-order chi connectivity index (χ0) is 14.5. The number of carboxylic acids is 1. The van der Waals surface area contributed by atoms with E-state index in [9.17, 15) is 9.59 Å². The van der Waals surface area contributed by atoms with E-state index in [2.05, 4.69) is 15.6 Å². The molecule has 0 fully saturated rings. The van der Waals surface area contributed by atoms with Gasteiger partial charge < -0.3 is 15.7 Å². The molecule has 104 valence electrons. The van der Waals surface area contributed by atoms with Gasteiger partial charge in [-0.3, -0.25) is 0 Å². The van der Waals surface area contributed by atoms with E-state index in [0.29, 0.717) is 12.2 Å². The predicted octanol–water partition coefficient (Wildman–Crippen LogP) is 2.82. The molecule has 0 saturated carbocycles. The summed E-state index contributed by atoms with van der Waals surface area (Å²) in [7, 11) is 0. The van der Waals surface area contributed by atoms with Gasteiger partial charge in [-0.05, 0) is 18.2 Å². The Bertz CT molecular complexity index is 631. The lowest BCUT2D eigenvalue weighted by atomic mass is 10.2. The van der Waals surface area contributed by atoms with Crippen molar-refractivity contribution in [3.05, 3.63) is 45.4 Å². The Morgan fingerprint density at radius 1 is 1.35 bits per heavy atom. The first-order valence-corrected chi connectivity index (χ1v) is 6.82. The van der Waals surface area contributed by atoms with Gasteiger partial charge in [0.25, 0.3) is 0 Å². The van der Waals surface area contributed by atoms with Gasteiger partial charge >= 0.3 is 12.0 Å². The molecule has 0 aliphatic rings. The molecular formula is C12H10ClN3O3S. The van der Waals surface area contributed by atoms with Crippen molar-refractivity contribution in [1.29, 1.82) is 0 Å². The van der Waals surface area contributed by atoms with Crippen LogP contribution in [0.15, 0.2) is 29.1 Å². The second-order valence-corrected chi connectivity index (χ2v) is 4.98. The molecule has 0 aliphatic carbocycles. The first-order valence-electron chi connectivity index (χ1n) is 5.50. The van der Waals surface area contributed by atoms with Gasteiger partial charge in [0.15, 0.2) is 0 Å². The van der Waals surface area contributed by atoms with Crippen LogP contribution in [0, 0.1) is 0 Å². The number of carboxylic acid groups (broad SMARTS) is 1. The topological polar surface area (TPSA) is 91.3 Å². The van der Waals surface area contributed by atoms with Crippen LogP contribution in [0.1, 0.15) is 16.1 Å². The number of hydrogen-bond donors (Lipinski definition) is 3. The number of hydrogen-bond acceptors (Lipinski definition) is 4. The third kappa shape index (κ3) is 3.94. The Hall–Kier alpha value is -2.12. The highest BCUT2D eigenvalue weighted by Gasteiger charge is 2.08. The molecule has 8 heteroatoms. The van der Waals surface area contributed by atoms with E-state index >= 15 is 0 Å². The fraction of sp³-hybridized carbons (Fsp3) is 0.0833. The number of carbonyl (C=O) groups is 2. The normalized spacial score (nSPS) is 10.1. The predicted molar refractivity (Wildman–Crippen MR) is 76.4 cm³/mol. The summed E-state index contributed by atoms with van der Waals surface area (Å²) in [5.41, 5.74) is 2.74. The summed E-state index contributed by atoms with van der Waals surface area (Å²) < 4.78 is 0. The van der Waals surface area contributed by atoms with Gasteiger partial charge in [0.2, 0.25) is 0 Å². The van der Waals surface area contributed by atoms with Crippen LogP contribution in [0.5, 0.6) is 0 Å². The van der Waals surface area contributed by atoms with Crippen LogP contribution >= 0.6 is 22.9 Å². The molecule has 3 N–H and O–H groups in total. The number of aromatic carboxylic acids is 1. The number of nitrogens with zero attached hydrogens (tertiary/aromatic N) is 1. The van der Waals surface area contributed by atoms with Crippen LogP contribution in [-0.4, -0.2) is 22.1 Å². The third-order valence-corrected chi connectivity index (χ3v) is 3.17. The van der Waals surface area contributed by atoms with E-state index in [0.717, 1.165) is 5.69 Å². The lowest BCUT2D eigenvalue weighted by Gasteiger charge is -2.08. The van der Waals surface area contributed by atoms with Crippen molar-refractivity contribution in [2.24, 2.45) is 0 Å². The summed E-state index contributed by atoms with van der Waals surface area (Å²) in [6.07, 6.45) is 0. The van der Waals surface area contributed by atoms with Crippen LogP contribution < -0.4 is 10.6 Å². The molecule has 0 saturated heterocycles. The van der Waals surface area contributed by atoms with E-state index in [-0.39, 0.29) is 10.6 Å². The molecule has 0 radical (unpaired) electrons. The maximum Gasteiger partial charge on any atom is 0.335 e. The Kier molecular flexibility index (Phi) is 4.54. The Labute approximate surface area is 123 Å². The van der Waals surface area contributed by atoms with Crippen molar-refractivity contribution in [2.75, 3.05) is 5.32 Å². The van der Waals surface area contributed by atoms with E-state index in [4.69, 9.17) is 16.7 Å². The number of benzene rings is 1. The lowest BCUT2D eigenvalue weighted by Crippen LogP contribution is -2.28. The first kappa shape index (κ1) is 14.3. The average molecular weight is 312 g/mol. The smallest absolute Gasteiger partial charge is 0.335 e. The number of amides is 2. The molecule has 2 aromatic rings. The quantitative estimate of drug-likeness (QED) is 0.809. The van der Waals surface area contributed by atoms with Crippen LogP contribution in [0.4, 0.5) is 10.5 Å². The van der Waals surface area contributed by atoms with E-state index < -0.39 is 12.0 Å². The van der Waals surface area contributed by atoms with Gasteiger partial charge in [-0.2, -0.15) is 0 Å². The van der Waals surface area contributed by atoms with Gasteiger partial charge in [0.1, 0.15) is 0 Å². The Morgan fingerprint density at radius 2 is 2.15 bits per heavy atom. The van der Waals surface area contributed by atoms with Crippen molar-refractivity contribution in [1.82, 2.24) is 10.3 Å². The SMILES string of the molecule is O=C(NCc1cscn1)Nc1cc(Cl)cc(C(=O)O)c1. The Morgan fingerprint density at radius 3 is 2.80 bits per heavy atom. The molecule has 0 bridgehead atoms. The monoisotopic (exact) mass is 311 g/mol. The number of halogens is 1. The van der Waals surface area contributed by atoms with Gasteiger partial charge in [0.05, 0.1) is 23.3 Å². The highest BCUT2D eigenvalue weighted by molar-refractivity contribution is 7.07. The third-order valence-electron chi connectivity index (χ3n) is 2.32. The van der Waals surface area contributed by atoms with Gasteiger partial charge in [-0.15, -0.1) is 11.3 Å². The van der Waals surface area contributed by atoms with Crippen LogP contribution in [0.2, 0.25) is 5.02 Å². The Balaban J connectivity index is 1.98. The van der Waals surface area contributed by atoms with Crippen molar-refractivity contribution in [3.8, 4) is 0 Å². The summed E-state index contributed by atoms with van der Waals surface area (Å²) in [6.45, 7) is 0.293. The molecule has 0 aliphatic heterocycles. The number of thiazole rings is 1. The molecule has 6 nitrogen and oxygen atoms in total. The minimum atomic E-state index is -1.11. The van der Waals surface area contributed by atoms with Crippen molar-refractivity contribution in [3.63, 3.8) is 0 Å². The number of anilines is 1. The average Bonchev–Trinajstić information content (AvgIpc) is 2.88. The standard InChI is InChI=1S/C12H10ClN3O3S/c13-8-1-7(11(17)18)2-9(3-8)16-12(19)14-4-10-5-20-6-15-10/h1-3,5-6H,4H2,(H,17,18)(H2,14,16,19). The second kappa shape index (κ2) is 6.36. The molecular weight excluding hydrogens is 302 g/mol. The molecule has 1 aromatic heterocycles. The van der Waals surface area contributed by atoms with Crippen LogP contribution in [0.25, 0.3) is 0 Å². The van der Waals surface area contributed by atoms with Crippen molar-refractivity contribution >= 4 is 40.6 Å². The number of rotatable bonds is 4. The molecule has 2 amide bonds. The minimum absolute atomic E-state index is 0.00676. The number of nitrogens with one attached hydrogen (secondary N) is 2. The van der Waals surface area contributed by atoms with Crippen molar-refractivity contribution < 1.29 is 14.7 Å². The van der Waals surface area contributed by atoms with E-state index in [1.165, 1.54) is 29.5 Å². The minimum Gasteiger partial charge on any atom is -0.478 e. The maximum absolute atomic E-state index is 11.7. The summed E-state index contributed by atoms with van der Waals surface area (Å²) in [5.74, 6) is -1.11. The van der Waals surface area contributed by atoms with E-state index in [1.807, 2.05) is 5.38 Å². The number of urea groups is 1. The van der Waals surface area contributed by atoms with Crippen molar-refractivity contribution in [2.45, 2.75) is 6.54 Å². The molecule has 0 atom stereocenters. The molecule has 2 rings (SSSR count). The maximum atomic E-state index is 11.7. The first-order chi connectivity index (χ1) is 9.54. The summed E-state index contributed by atoms with van der Waals surface area (Å²) in [5, 5.41) is 16.1. The van der Waals surface area contributed by atoms with Gasteiger partial charge in [-0.1, -0.05) is 11.6 Å². The molecule has 20 heavy (non-hydrogen) atoms. The van der Waals surface area contributed by atoms with Crippen LogP contribution in [0.3, 0.4) is 0 Å². The molecule has 0 unspecified atom stereocenters. The van der Waals surface area contributed by atoms with E-state index in [1.54, 1.807) is 5.51 Å². The zero-order valence-corrected chi connectivity index (χ0v) is 11.7. The van der Waals surface area contributed by atoms with Gasteiger partial charge in [0, 0.05) is 16.1 Å². The number of carbonyl (C=O) groups excluding carboxylic acids is 1. The summed E-state index contributed by atoms with van der Waals surface area (Å²) in [6, 6.07) is 3.64. The van der Waals surface area contributed by atoms with Crippen LogP contribution in [-0.2, 0) is 6.54 Å². The fourth-order valence-electron chi connectivity index (χ4n) is 1.46. The largest absolute Gasteiger partial charge is 0.478 e. The molecule has 1 aromatic carbocycles. The molecule has 1 heterocycles. The van der Waals surface area contributed by atoms with Gasteiger partial charge in [-0.25, -0.2) is 14.6 Å². The second-order valence-electron chi connectivity index (χ2n) is 3.82. The summed E-state index contributed by atoms with van der Waals surface area (Å²) >= 11 is 7.23. The summed E-state index contributed by atoms with van der Waals surface area (Å²) in [4.78, 5) is 26.6.